The van der Waals surface area contributed by atoms with Crippen LogP contribution in [-0.2, 0) is 14.3 Å². The Morgan fingerprint density at radius 1 is 1.26 bits per heavy atom. The molecule has 19 heavy (non-hydrogen) atoms. The van der Waals surface area contributed by atoms with Crippen molar-refractivity contribution in [2.45, 2.75) is 57.5 Å². The van der Waals surface area contributed by atoms with Crippen LogP contribution in [0, 0.1) is 0 Å². The van der Waals surface area contributed by atoms with Crippen LogP contribution in [-0.4, -0.2) is 48.6 Å². The third-order valence-electron chi connectivity index (χ3n) is 3.73. The zero-order chi connectivity index (χ0) is 13.7. The molecule has 0 radical (unpaired) electrons. The highest BCUT2D eigenvalue weighted by atomic mass is 16.5. The van der Waals surface area contributed by atoms with Crippen molar-refractivity contribution in [2.75, 3.05) is 19.7 Å². The van der Waals surface area contributed by atoms with E-state index in [2.05, 4.69) is 5.32 Å². The van der Waals surface area contributed by atoms with Gasteiger partial charge < -0.3 is 15.0 Å². The molecule has 5 heteroatoms. The maximum Gasteiger partial charge on any atom is 0.328 e. The van der Waals surface area contributed by atoms with E-state index in [1.807, 2.05) is 0 Å². The summed E-state index contributed by atoms with van der Waals surface area (Å²) < 4.78 is 5.07. The largest absolute Gasteiger partial charge is 0.464 e. The predicted octanol–water partition coefficient (Wildman–Crippen LogP) is 1.07. The summed E-state index contributed by atoms with van der Waals surface area (Å²) in [5.41, 5.74) is 0. The molecule has 1 saturated heterocycles. The van der Waals surface area contributed by atoms with E-state index in [9.17, 15) is 9.59 Å². The SMILES string of the molecule is CCOC(=O)C1CCCCN1C(=O)CCNC1CC1. The number of carbonyl (C=O) groups excluding carboxylic acids is 2. The summed E-state index contributed by atoms with van der Waals surface area (Å²) in [5, 5.41) is 3.33. The van der Waals surface area contributed by atoms with Gasteiger partial charge in [0.15, 0.2) is 0 Å². The van der Waals surface area contributed by atoms with E-state index in [1.54, 1.807) is 11.8 Å². The molecule has 0 spiro atoms. The Kier molecular flexibility index (Phi) is 5.19. The van der Waals surface area contributed by atoms with Gasteiger partial charge in [-0.25, -0.2) is 4.79 Å². The van der Waals surface area contributed by atoms with Gasteiger partial charge in [0.25, 0.3) is 0 Å². The van der Waals surface area contributed by atoms with Crippen LogP contribution >= 0.6 is 0 Å². The first-order valence-electron chi connectivity index (χ1n) is 7.42. The third kappa shape index (κ3) is 4.20. The molecule has 0 aromatic carbocycles. The second-order valence-corrected chi connectivity index (χ2v) is 5.33. The number of nitrogens with zero attached hydrogens (tertiary/aromatic N) is 1. The van der Waals surface area contributed by atoms with E-state index in [0.717, 1.165) is 25.8 Å². The highest BCUT2D eigenvalue weighted by molar-refractivity contribution is 5.84. The monoisotopic (exact) mass is 268 g/mol. The smallest absolute Gasteiger partial charge is 0.328 e. The van der Waals surface area contributed by atoms with Crippen LogP contribution in [0.25, 0.3) is 0 Å². The fourth-order valence-electron chi connectivity index (χ4n) is 2.53. The van der Waals surface area contributed by atoms with Gasteiger partial charge in [-0.1, -0.05) is 0 Å². The van der Waals surface area contributed by atoms with Crippen LogP contribution in [0.5, 0.6) is 0 Å². The topological polar surface area (TPSA) is 58.6 Å². The predicted molar refractivity (Wildman–Crippen MR) is 71.6 cm³/mol. The number of likely N-dealkylation sites (tertiary alicyclic amines) is 1. The van der Waals surface area contributed by atoms with Crippen LogP contribution in [0.4, 0.5) is 0 Å². The molecule has 108 valence electrons. The Morgan fingerprint density at radius 2 is 2.05 bits per heavy atom. The summed E-state index contributed by atoms with van der Waals surface area (Å²) in [4.78, 5) is 25.8. The quantitative estimate of drug-likeness (QED) is 0.732. The van der Waals surface area contributed by atoms with E-state index < -0.39 is 0 Å². The number of hydrogen-bond donors (Lipinski definition) is 1. The lowest BCUT2D eigenvalue weighted by Gasteiger charge is -2.34. The molecule has 1 amide bonds. The molecule has 0 aromatic rings. The van der Waals surface area contributed by atoms with Crippen molar-refractivity contribution in [1.82, 2.24) is 10.2 Å². The number of rotatable bonds is 6. The molecule has 0 bridgehead atoms. The van der Waals surface area contributed by atoms with Gasteiger partial charge in [-0.2, -0.15) is 0 Å². The minimum atomic E-state index is -0.359. The highest BCUT2D eigenvalue weighted by Crippen LogP contribution is 2.20. The molecule has 2 rings (SSSR count). The van der Waals surface area contributed by atoms with Gasteiger partial charge in [0.1, 0.15) is 6.04 Å². The molecule has 1 aliphatic carbocycles. The van der Waals surface area contributed by atoms with E-state index in [4.69, 9.17) is 4.74 Å². The normalized spacial score (nSPS) is 23.2. The lowest BCUT2D eigenvalue weighted by atomic mass is 10.0. The Morgan fingerprint density at radius 3 is 2.74 bits per heavy atom. The van der Waals surface area contributed by atoms with Crippen molar-refractivity contribution in [3.05, 3.63) is 0 Å². The van der Waals surface area contributed by atoms with E-state index in [0.29, 0.717) is 25.6 Å². The fraction of sp³-hybridized carbons (Fsp3) is 0.857. The summed E-state index contributed by atoms with van der Waals surface area (Å²) in [6, 6.07) is 0.261. The lowest BCUT2D eigenvalue weighted by Crippen LogP contribution is -2.49. The average molecular weight is 268 g/mol. The van der Waals surface area contributed by atoms with Crippen molar-refractivity contribution < 1.29 is 14.3 Å². The lowest BCUT2D eigenvalue weighted by molar-refractivity contribution is -0.156. The molecule has 1 unspecified atom stereocenters. The second-order valence-electron chi connectivity index (χ2n) is 5.33. The van der Waals surface area contributed by atoms with E-state index >= 15 is 0 Å². The summed E-state index contributed by atoms with van der Waals surface area (Å²) in [5.74, 6) is -0.170. The third-order valence-corrected chi connectivity index (χ3v) is 3.73. The first-order valence-corrected chi connectivity index (χ1v) is 7.42. The van der Waals surface area contributed by atoms with Gasteiger partial charge in [0.05, 0.1) is 6.61 Å². The Bertz CT molecular complexity index is 329. The fourth-order valence-corrected chi connectivity index (χ4v) is 2.53. The van der Waals surface area contributed by atoms with Crippen molar-refractivity contribution in [1.29, 1.82) is 0 Å². The maximum absolute atomic E-state index is 12.2. The van der Waals surface area contributed by atoms with Gasteiger partial charge >= 0.3 is 5.97 Å². The van der Waals surface area contributed by atoms with E-state index in [1.165, 1.54) is 12.8 Å². The van der Waals surface area contributed by atoms with E-state index in [-0.39, 0.29) is 17.9 Å². The number of esters is 1. The van der Waals surface area contributed by atoms with Gasteiger partial charge in [-0.3, -0.25) is 4.79 Å². The Labute approximate surface area is 114 Å². The number of ether oxygens (including phenoxy) is 1. The Balaban J connectivity index is 1.82. The van der Waals surface area contributed by atoms with Crippen molar-refractivity contribution in [3.8, 4) is 0 Å². The number of piperidine rings is 1. The molecule has 1 N–H and O–H groups in total. The summed E-state index contributed by atoms with van der Waals surface area (Å²) >= 11 is 0. The van der Waals surface area contributed by atoms with Crippen LogP contribution in [0.2, 0.25) is 0 Å². The molecule has 5 nitrogen and oxygen atoms in total. The molecular weight excluding hydrogens is 244 g/mol. The summed E-state index contributed by atoms with van der Waals surface area (Å²) in [6.45, 7) is 3.58. The molecule has 1 saturated carbocycles. The van der Waals surface area contributed by atoms with Gasteiger partial charge in [0.2, 0.25) is 5.91 Å². The van der Waals surface area contributed by atoms with Gasteiger partial charge in [0, 0.05) is 25.6 Å². The molecule has 2 fully saturated rings. The number of amides is 1. The molecular formula is C14H24N2O3. The molecule has 1 atom stereocenters. The minimum absolute atomic E-state index is 0.0749. The summed E-state index contributed by atoms with van der Waals surface area (Å²) in [7, 11) is 0. The zero-order valence-corrected chi connectivity index (χ0v) is 11.7. The first-order chi connectivity index (χ1) is 9.22. The zero-order valence-electron chi connectivity index (χ0n) is 11.7. The van der Waals surface area contributed by atoms with Crippen molar-refractivity contribution in [3.63, 3.8) is 0 Å². The first kappa shape index (κ1) is 14.3. The Hall–Kier alpha value is -1.10. The number of carbonyl (C=O) groups is 2. The minimum Gasteiger partial charge on any atom is -0.464 e. The van der Waals surface area contributed by atoms with Crippen LogP contribution in [0.1, 0.15) is 45.4 Å². The molecule has 1 heterocycles. The second kappa shape index (κ2) is 6.89. The highest BCUT2D eigenvalue weighted by Gasteiger charge is 2.32. The average Bonchev–Trinajstić information content (AvgIpc) is 3.23. The van der Waals surface area contributed by atoms with Gasteiger partial charge in [-0.15, -0.1) is 0 Å². The van der Waals surface area contributed by atoms with Crippen molar-refractivity contribution in [2.24, 2.45) is 0 Å². The maximum atomic E-state index is 12.2. The summed E-state index contributed by atoms with van der Waals surface area (Å²) in [6.07, 6.45) is 5.64. The van der Waals surface area contributed by atoms with Crippen LogP contribution < -0.4 is 5.32 Å². The number of hydrogen-bond acceptors (Lipinski definition) is 4. The van der Waals surface area contributed by atoms with Gasteiger partial charge in [-0.05, 0) is 39.0 Å². The van der Waals surface area contributed by atoms with Crippen LogP contribution in [0.15, 0.2) is 0 Å². The molecule has 0 aromatic heterocycles. The number of nitrogens with one attached hydrogen (secondary N) is 1. The molecule has 1 aliphatic heterocycles. The molecule has 2 aliphatic rings. The van der Waals surface area contributed by atoms with Crippen molar-refractivity contribution >= 4 is 11.9 Å². The van der Waals surface area contributed by atoms with Crippen LogP contribution in [0.3, 0.4) is 0 Å². The standard InChI is InChI=1S/C14H24N2O3/c1-2-19-14(18)12-5-3-4-10-16(12)13(17)8-9-15-11-6-7-11/h11-12,15H,2-10H2,1H3.